The second kappa shape index (κ2) is 8.67. The highest BCUT2D eigenvalue weighted by molar-refractivity contribution is 6.35. The molecule has 2 N–H and O–H groups in total. The largest absolute Gasteiger partial charge is 0.494 e. The number of rotatable bonds is 6. The molecule has 2 aromatic rings. The van der Waals surface area contributed by atoms with Crippen LogP contribution >= 0.6 is 0 Å². The van der Waals surface area contributed by atoms with Crippen LogP contribution in [-0.4, -0.2) is 18.4 Å². The Morgan fingerprint density at radius 2 is 1.33 bits per heavy atom. The van der Waals surface area contributed by atoms with Crippen molar-refractivity contribution in [2.45, 2.75) is 20.0 Å². The molecule has 6 heteroatoms. The van der Waals surface area contributed by atoms with Gasteiger partial charge in [0.2, 0.25) is 0 Å². The minimum absolute atomic E-state index is 0.162. The molecule has 0 heterocycles. The van der Waals surface area contributed by atoms with E-state index in [0.29, 0.717) is 12.2 Å². The van der Waals surface area contributed by atoms with E-state index in [4.69, 9.17) is 4.74 Å². The van der Waals surface area contributed by atoms with E-state index in [0.717, 1.165) is 11.3 Å². The summed E-state index contributed by atoms with van der Waals surface area (Å²) < 4.78 is 18.1. The molecule has 0 bridgehead atoms. The van der Waals surface area contributed by atoms with Gasteiger partial charge in [-0.25, -0.2) is 4.39 Å². The zero-order valence-corrected chi connectivity index (χ0v) is 13.3. The number of hydrogen-bond acceptors (Lipinski definition) is 3. The summed E-state index contributed by atoms with van der Waals surface area (Å²) in [5.74, 6) is -1.04. The molecule has 2 amide bonds. The van der Waals surface area contributed by atoms with E-state index in [1.165, 1.54) is 12.1 Å². The first-order chi connectivity index (χ1) is 11.6. The van der Waals surface area contributed by atoms with Crippen LogP contribution < -0.4 is 15.4 Å². The number of halogens is 1. The van der Waals surface area contributed by atoms with E-state index in [2.05, 4.69) is 10.6 Å². The lowest BCUT2D eigenvalue weighted by atomic mass is 10.2. The Bertz CT molecular complexity index is 684. The van der Waals surface area contributed by atoms with Gasteiger partial charge >= 0.3 is 11.8 Å². The van der Waals surface area contributed by atoms with E-state index in [1.54, 1.807) is 24.3 Å². The smallest absolute Gasteiger partial charge is 0.309 e. The first kappa shape index (κ1) is 17.5. The molecule has 0 atom stereocenters. The van der Waals surface area contributed by atoms with Gasteiger partial charge in [0.15, 0.2) is 0 Å². The van der Waals surface area contributed by atoms with Gasteiger partial charge in [-0.1, -0.05) is 24.3 Å². The fourth-order valence-electron chi connectivity index (χ4n) is 2.00. The number of benzene rings is 2. The molecular weight excluding hydrogens is 311 g/mol. The van der Waals surface area contributed by atoms with Gasteiger partial charge in [0.05, 0.1) is 6.61 Å². The maximum Gasteiger partial charge on any atom is 0.309 e. The van der Waals surface area contributed by atoms with Crippen molar-refractivity contribution in [1.82, 2.24) is 10.6 Å². The zero-order chi connectivity index (χ0) is 17.4. The molecule has 0 unspecified atom stereocenters. The van der Waals surface area contributed by atoms with Gasteiger partial charge in [-0.2, -0.15) is 0 Å². The summed E-state index contributed by atoms with van der Waals surface area (Å²) in [6, 6.07) is 12.9. The second-order valence-electron chi connectivity index (χ2n) is 5.07. The lowest BCUT2D eigenvalue weighted by Gasteiger charge is -2.08. The number of carbonyl (C=O) groups excluding carboxylic acids is 2. The predicted molar refractivity (Wildman–Crippen MR) is 87.7 cm³/mol. The van der Waals surface area contributed by atoms with Gasteiger partial charge in [-0.3, -0.25) is 9.59 Å². The van der Waals surface area contributed by atoms with Crippen molar-refractivity contribution in [3.8, 4) is 5.75 Å². The maximum atomic E-state index is 12.8. The molecule has 2 rings (SSSR count). The topological polar surface area (TPSA) is 67.4 Å². The van der Waals surface area contributed by atoms with Crippen LogP contribution in [0.25, 0.3) is 0 Å². The third-order valence-electron chi connectivity index (χ3n) is 3.26. The van der Waals surface area contributed by atoms with E-state index in [-0.39, 0.29) is 18.9 Å². The Morgan fingerprint density at radius 3 is 1.79 bits per heavy atom. The monoisotopic (exact) mass is 330 g/mol. The Kier molecular flexibility index (Phi) is 6.31. The molecule has 0 saturated heterocycles. The fraction of sp³-hybridized carbons (Fsp3) is 0.222. The number of hydrogen-bond donors (Lipinski definition) is 2. The fourth-order valence-corrected chi connectivity index (χ4v) is 2.00. The van der Waals surface area contributed by atoms with Crippen molar-refractivity contribution < 1.29 is 18.7 Å². The molecule has 0 saturated carbocycles. The van der Waals surface area contributed by atoms with E-state index < -0.39 is 11.8 Å². The first-order valence-corrected chi connectivity index (χ1v) is 7.60. The third kappa shape index (κ3) is 5.39. The van der Waals surface area contributed by atoms with Gasteiger partial charge in [-0.15, -0.1) is 0 Å². The van der Waals surface area contributed by atoms with Crippen LogP contribution in [0.5, 0.6) is 5.75 Å². The Morgan fingerprint density at radius 1 is 0.875 bits per heavy atom. The molecular formula is C18H19FN2O3. The normalized spacial score (nSPS) is 10.1. The van der Waals surface area contributed by atoms with Crippen molar-refractivity contribution in [2.24, 2.45) is 0 Å². The number of carbonyl (C=O) groups is 2. The van der Waals surface area contributed by atoms with Gasteiger partial charge in [-0.05, 0) is 42.3 Å². The van der Waals surface area contributed by atoms with Crippen molar-refractivity contribution >= 4 is 11.8 Å². The Hall–Kier alpha value is -2.89. The lowest BCUT2D eigenvalue weighted by molar-refractivity contribution is -0.139. The summed E-state index contributed by atoms with van der Waals surface area (Å²) in [6.45, 7) is 2.90. The SMILES string of the molecule is CCOc1ccc(CNC(=O)C(=O)NCc2ccc(F)cc2)cc1. The molecule has 24 heavy (non-hydrogen) atoms. The van der Waals surface area contributed by atoms with Crippen LogP contribution in [-0.2, 0) is 22.7 Å². The molecule has 0 radical (unpaired) electrons. The maximum absolute atomic E-state index is 12.8. The van der Waals surface area contributed by atoms with Gasteiger partial charge in [0, 0.05) is 13.1 Å². The molecule has 0 fully saturated rings. The number of amides is 2. The van der Waals surface area contributed by atoms with Crippen molar-refractivity contribution in [3.05, 3.63) is 65.5 Å². The molecule has 126 valence electrons. The van der Waals surface area contributed by atoms with E-state index >= 15 is 0 Å². The second-order valence-corrected chi connectivity index (χ2v) is 5.07. The van der Waals surface area contributed by atoms with Crippen molar-refractivity contribution in [2.75, 3.05) is 6.61 Å². The standard InChI is InChI=1S/C18H19FN2O3/c1-2-24-16-9-5-14(6-10-16)12-21-18(23)17(22)20-11-13-3-7-15(19)8-4-13/h3-10H,2,11-12H2,1H3,(H,20,22)(H,21,23). The van der Waals surface area contributed by atoms with E-state index in [1.807, 2.05) is 19.1 Å². The van der Waals surface area contributed by atoms with Gasteiger partial charge in [0.25, 0.3) is 0 Å². The molecule has 5 nitrogen and oxygen atoms in total. The quantitative estimate of drug-likeness (QED) is 0.798. The van der Waals surface area contributed by atoms with Crippen LogP contribution in [0.15, 0.2) is 48.5 Å². The summed E-state index contributed by atoms with van der Waals surface area (Å²) in [4.78, 5) is 23.5. The minimum Gasteiger partial charge on any atom is -0.494 e. The summed E-state index contributed by atoms with van der Waals surface area (Å²) >= 11 is 0. The summed E-state index contributed by atoms with van der Waals surface area (Å²) in [5, 5.41) is 5.03. The summed E-state index contributed by atoms with van der Waals surface area (Å²) in [7, 11) is 0. The molecule has 0 aliphatic rings. The van der Waals surface area contributed by atoms with Crippen LogP contribution in [0.4, 0.5) is 4.39 Å². The van der Waals surface area contributed by atoms with Crippen LogP contribution in [0, 0.1) is 5.82 Å². The molecule has 0 aromatic heterocycles. The van der Waals surface area contributed by atoms with Gasteiger partial charge in [0.1, 0.15) is 11.6 Å². The average Bonchev–Trinajstić information content (AvgIpc) is 2.60. The Labute approximate surface area is 139 Å². The zero-order valence-electron chi connectivity index (χ0n) is 13.3. The number of nitrogens with one attached hydrogen (secondary N) is 2. The molecule has 0 aliphatic carbocycles. The van der Waals surface area contributed by atoms with Crippen LogP contribution in [0.2, 0.25) is 0 Å². The number of ether oxygens (including phenoxy) is 1. The van der Waals surface area contributed by atoms with E-state index in [9.17, 15) is 14.0 Å². The highest BCUT2D eigenvalue weighted by Gasteiger charge is 2.12. The van der Waals surface area contributed by atoms with Gasteiger partial charge < -0.3 is 15.4 Å². The predicted octanol–water partition coefficient (Wildman–Crippen LogP) is 2.16. The van der Waals surface area contributed by atoms with Crippen molar-refractivity contribution in [1.29, 1.82) is 0 Å². The molecule has 0 spiro atoms. The lowest BCUT2D eigenvalue weighted by Crippen LogP contribution is -2.39. The summed E-state index contributed by atoms with van der Waals surface area (Å²) in [6.07, 6.45) is 0. The highest BCUT2D eigenvalue weighted by Crippen LogP contribution is 2.11. The Balaban J connectivity index is 1.76. The average molecular weight is 330 g/mol. The van der Waals surface area contributed by atoms with Crippen LogP contribution in [0.1, 0.15) is 18.1 Å². The highest BCUT2D eigenvalue weighted by atomic mass is 19.1. The minimum atomic E-state index is -0.731. The third-order valence-corrected chi connectivity index (χ3v) is 3.26. The van der Waals surface area contributed by atoms with Crippen molar-refractivity contribution in [3.63, 3.8) is 0 Å². The van der Waals surface area contributed by atoms with Crippen LogP contribution in [0.3, 0.4) is 0 Å². The molecule has 2 aromatic carbocycles. The first-order valence-electron chi connectivity index (χ1n) is 7.60. The molecule has 0 aliphatic heterocycles. The summed E-state index contributed by atoms with van der Waals surface area (Å²) in [5.41, 5.74) is 1.57.